The van der Waals surface area contributed by atoms with E-state index in [9.17, 15) is 0 Å². The van der Waals surface area contributed by atoms with Crippen molar-refractivity contribution in [2.24, 2.45) is 0 Å². The molecule has 1 aromatic carbocycles. The summed E-state index contributed by atoms with van der Waals surface area (Å²) < 4.78 is 1.19. The predicted molar refractivity (Wildman–Crippen MR) is 99.6 cm³/mol. The first-order valence-electron chi connectivity index (χ1n) is 7.42. The number of benzene rings is 1. The summed E-state index contributed by atoms with van der Waals surface area (Å²) >= 11 is 7.27. The number of rotatable bonds is 8. The number of hydrogen-bond acceptors (Lipinski definition) is 3. The second-order valence-electron chi connectivity index (χ2n) is 4.94. The fourth-order valence-electron chi connectivity index (χ4n) is 2.25. The topological polar surface area (TPSA) is 12.0 Å². The molecular weight excluding hydrogens is 362 g/mol. The summed E-state index contributed by atoms with van der Waals surface area (Å²) in [5.41, 5.74) is 1.38. The summed E-state index contributed by atoms with van der Waals surface area (Å²) in [6.45, 7) is 5.47. The van der Waals surface area contributed by atoms with Gasteiger partial charge in [-0.2, -0.15) is 0 Å². The summed E-state index contributed by atoms with van der Waals surface area (Å²) in [6.07, 6.45) is 2.21. The van der Waals surface area contributed by atoms with E-state index >= 15 is 0 Å². The molecule has 0 saturated carbocycles. The van der Waals surface area contributed by atoms with Gasteiger partial charge >= 0.3 is 0 Å². The Balaban J connectivity index is 2.10. The fourth-order valence-corrected chi connectivity index (χ4v) is 4.41. The van der Waals surface area contributed by atoms with Crippen molar-refractivity contribution in [2.75, 3.05) is 12.3 Å². The number of halogens is 1. The van der Waals surface area contributed by atoms with Gasteiger partial charge in [0.2, 0.25) is 0 Å². The Morgan fingerprint density at radius 1 is 1.24 bits per heavy atom. The second-order valence-corrected chi connectivity index (χ2v) is 8.19. The van der Waals surface area contributed by atoms with Crippen LogP contribution in [0.4, 0.5) is 0 Å². The lowest BCUT2D eigenvalue weighted by Gasteiger charge is -2.18. The Labute approximate surface area is 144 Å². The highest BCUT2D eigenvalue weighted by atomic mass is 79.9. The van der Waals surface area contributed by atoms with Gasteiger partial charge in [0.25, 0.3) is 0 Å². The molecule has 1 N–H and O–H groups in total. The van der Waals surface area contributed by atoms with Gasteiger partial charge in [0, 0.05) is 32.1 Å². The van der Waals surface area contributed by atoms with E-state index in [1.165, 1.54) is 19.8 Å². The molecule has 1 nitrogen and oxygen atoms in total. The van der Waals surface area contributed by atoms with Crippen LogP contribution < -0.4 is 5.32 Å². The van der Waals surface area contributed by atoms with E-state index < -0.39 is 0 Å². The molecule has 4 heteroatoms. The van der Waals surface area contributed by atoms with E-state index in [1.54, 1.807) is 0 Å². The van der Waals surface area contributed by atoms with Crippen molar-refractivity contribution >= 4 is 39.0 Å². The van der Waals surface area contributed by atoms with Crippen molar-refractivity contribution in [3.63, 3.8) is 0 Å². The summed E-state index contributed by atoms with van der Waals surface area (Å²) in [6, 6.07) is 11.7. The third-order valence-electron chi connectivity index (χ3n) is 3.26. The van der Waals surface area contributed by atoms with Gasteiger partial charge in [-0.05, 0) is 58.4 Å². The highest BCUT2D eigenvalue weighted by molar-refractivity contribution is 9.10. The van der Waals surface area contributed by atoms with Gasteiger partial charge in [-0.25, -0.2) is 0 Å². The molecule has 0 aliphatic rings. The van der Waals surface area contributed by atoms with Gasteiger partial charge in [0.15, 0.2) is 0 Å². The van der Waals surface area contributed by atoms with Crippen molar-refractivity contribution in [3.8, 4) is 0 Å². The largest absolute Gasteiger partial charge is 0.310 e. The molecule has 1 heterocycles. The van der Waals surface area contributed by atoms with Crippen molar-refractivity contribution in [1.82, 2.24) is 5.32 Å². The second kappa shape index (κ2) is 8.99. The zero-order valence-corrected chi connectivity index (χ0v) is 15.8. The average Bonchev–Trinajstić information content (AvgIpc) is 2.90. The van der Waals surface area contributed by atoms with E-state index in [1.807, 2.05) is 23.1 Å². The van der Waals surface area contributed by atoms with Crippen LogP contribution in [0.2, 0.25) is 0 Å². The van der Waals surface area contributed by atoms with Crippen LogP contribution in [0, 0.1) is 0 Å². The molecule has 0 amide bonds. The molecule has 0 aliphatic carbocycles. The fraction of sp³-hybridized carbons (Fsp3) is 0.412. The van der Waals surface area contributed by atoms with E-state index in [2.05, 4.69) is 70.8 Å². The molecule has 0 bridgehead atoms. The van der Waals surface area contributed by atoms with Gasteiger partial charge in [-0.1, -0.05) is 26.0 Å². The van der Waals surface area contributed by atoms with Gasteiger partial charge < -0.3 is 5.32 Å². The maximum absolute atomic E-state index is 3.68. The molecule has 0 radical (unpaired) electrons. The minimum Gasteiger partial charge on any atom is -0.310 e. The maximum Gasteiger partial charge on any atom is 0.0368 e. The summed E-state index contributed by atoms with van der Waals surface area (Å²) in [5.74, 6) is 1.13. The van der Waals surface area contributed by atoms with Crippen molar-refractivity contribution in [1.29, 1.82) is 0 Å². The molecule has 1 unspecified atom stereocenters. The lowest BCUT2D eigenvalue weighted by atomic mass is 10.0. The zero-order chi connectivity index (χ0) is 15.1. The first-order valence-corrected chi connectivity index (χ1v) is 10.1. The van der Waals surface area contributed by atoms with Crippen LogP contribution in [0.5, 0.6) is 0 Å². The van der Waals surface area contributed by atoms with Crippen molar-refractivity contribution in [2.45, 2.75) is 37.6 Å². The van der Waals surface area contributed by atoms with Crippen LogP contribution in [0.25, 0.3) is 0 Å². The quantitative estimate of drug-likeness (QED) is 0.568. The molecular formula is C17H22BrNS2. The highest BCUT2D eigenvalue weighted by Gasteiger charge is 2.13. The monoisotopic (exact) mass is 383 g/mol. The Hall–Kier alpha value is -0.290. The lowest BCUT2D eigenvalue weighted by Crippen LogP contribution is -2.23. The average molecular weight is 384 g/mol. The van der Waals surface area contributed by atoms with Gasteiger partial charge in [0.1, 0.15) is 0 Å². The molecule has 21 heavy (non-hydrogen) atoms. The Kier molecular flexibility index (Phi) is 7.30. The van der Waals surface area contributed by atoms with Gasteiger partial charge in [-0.3, -0.25) is 0 Å². The predicted octanol–water partition coefficient (Wildman–Crippen LogP) is 5.91. The zero-order valence-electron chi connectivity index (χ0n) is 12.6. The smallest absolute Gasteiger partial charge is 0.0368 e. The number of hydrogen-bond donors (Lipinski definition) is 1. The Morgan fingerprint density at radius 3 is 2.57 bits per heavy atom. The van der Waals surface area contributed by atoms with E-state index in [4.69, 9.17) is 0 Å². The summed E-state index contributed by atoms with van der Waals surface area (Å²) in [5, 5.41) is 5.84. The number of nitrogens with one attached hydrogen (secondary N) is 1. The molecule has 0 aliphatic heterocycles. The normalized spacial score (nSPS) is 12.5. The first-order chi connectivity index (χ1) is 10.2. The van der Waals surface area contributed by atoms with Crippen LogP contribution in [-0.2, 0) is 6.42 Å². The van der Waals surface area contributed by atoms with Crippen LogP contribution in [-0.4, -0.2) is 12.3 Å². The molecule has 0 saturated heterocycles. The van der Waals surface area contributed by atoms with Crippen LogP contribution in [0.1, 0.15) is 36.8 Å². The van der Waals surface area contributed by atoms with Crippen molar-refractivity contribution < 1.29 is 0 Å². The molecule has 2 aromatic rings. The third kappa shape index (κ3) is 5.44. The molecule has 0 fully saturated rings. The minimum absolute atomic E-state index is 0.399. The molecule has 1 atom stereocenters. The lowest BCUT2D eigenvalue weighted by molar-refractivity contribution is 0.532. The summed E-state index contributed by atoms with van der Waals surface area (Å²) in [4.78, 5) is 2.77. The molecule has 1 aromatic heterocycles. The van der Waals surface area contributed by atoms with Crippen LogP contribution >= 0.6 is 39.0 Å². The molecule has 0 spiro atoms. The molecule has 2 rings (SSSR count). The highest BCUT2D eigenvalue weighted by Crippen LogP contribution is 2.27. The third-order valence-corrected chi connectivity index (χ3v) is 5.88. The van der Waals surface area contributed by atoms with Crippen LogP contribution in [0.3, 0.4) is 0 Å². The van der Waals surface area contributed by atoms with Gasteiger partial charge in [-0.15, -0.1) is 23.1 Å². The van der Waals surface area contributed by atoms with E-state index in [-0.39, 0.29) is 0 Å². The van der Waals surface area contributed by atoms with Crippen molar-refractivity contribution in [3.05, 3.63) is 50.6 Å². The van der Waals surface area contributed by atoms with Crippen LogP contribution in [0.15, 0.2) is 45.1 Å². The number of thiophene rings is 1. The standard InChI is InChI=1S/C17H22BrNS2/c1-3-9-19-17(11-16-10-14(18)12-21-16)13-5-7-15(8-6-13)20-4-2/h5-8,10,12,17,19H,3-4,9,11H2,1-2H3. The minimum atomic E-state index is 0.399. The Morgan fingerprint density at radius 2 is 2.00 bits per heavy atom. The molecule has 114 valence electrons. The SMILES string of the molecule is CCCNC(Cc1cc(Br)cs1)c1ccc(SCC)cc1. The van der Waals surface area contributed by atoms with E-state index in [0.29, 0.717) is 6.04 Å². The van der Waals surface area contributed by atoms with Gasteiger partial charge in [0.05, 0.1) is 0 Å². The Bertz CT molecular complexity index is 536. The van der Waals surface area contributed by atoms with E-state index in [0.717, 1.165) is 25.1 Å². The first kappa shape index (κ1) is 17.1. The summed E-state index contributed by atoms with van der Waals surface area (Å²) in [7, 11) is 0. The maximum atomic E-state index is 3.68. The number of thioether (sulfide) groups is 1.